The van der Waals surface area contributed by atoms with E-state index in [1.54, 1.807) is 19.2 Å². The summed E-state index contributed by atoms with van der Waals surface area (Å²) in [5.74, 6) is 1.42. The first kappa shape index (κ1) is 18.0. The molecule has 0 aromatic heterocycles. The molecule has 0 saturated carbocycles. The third-order valence-corrected chi connectivity index (χ3v) is 3.94. The van der Waals surface area contributed by atoms with E-state index in [2.05, 4.69) is 20.5 Å². The number of nitrogens with one attached hydrogen (secondary N) is 2. The van der Waals surface area contributed by atoms with Gasteiger partial charge in [-0.3, -0.25) is 15.1 Å². The van der Waals surface area contributed by atoms with Gasteiger partial charge in [-0.25, -0.2) is 0 Å². The topological polar surface area (TPSA) is 92.0 Å². The quantitative estimate of drug-likeness (QED) is 0.258. The Kier molecular flexibility index (Phi) is 6.80. The molecule has 1 aromatic rings. The summed E-state index contributed by atoms with van der Waals surface area (Å²) in [4.78, 5) is 16.6. The Bertz CT molecular complexity index is 555. The maximum Gasteiger partial charge on any atom is 0.269 e. The van der Waals surface area contributed by atoms with E-state index in [9.17, 15) is 10.1 Å². The van der Waals surface area contributed by atoms with E-state index in [4.69, 9.17) is 4.74 Å². The number of non-ortho nitro benzene ring substituents is 1. The zero-order chi connectivity index (χ0) is 17.4. The molecule has 0 spiro atoms. The van der Waals surface area contributed by atoms with Gasteiger partial charge in [0, 0.05) is 64.1 Å². The van der Waals surface area contributed by atoms with Crippen molar-refractivity contribution < 1.29 is 9.66 Å². The van der Waals surface area contributed by atoms with Crippen molar-refractivity contribution in [1.82, 2.24) is 10.2 Å². The molecule has 1 aromatic carbocycles. The number of nitro benzene ring substituents is 1. The third-order valence-electron chi connectivity index (χ3n) is 3.94. The monoisotopic (exact) mass is 335 g/mol. The van der Waals surface area contributed by atoms with E-state index in [1.807, 2.05) is 7.05 Å². The molecule has 1 unspecified atom stereocenters. The van der Waals surface area contributed by atoms with E-state index in [0.717, 1.165) is 37.8 Å². The van der Waals surface area contributed by atoms with Gasteiger partial charge < -0.3 is 20.3 Å². The molecule has 8 nitrogen and oxygen atoms in total. The molecular weight excluding hydrogens is 310 g/mol. The molecule has 0 aliphatic carbocycles. The fourth-order valence-corrected chi connectivity index (χ4v) is 2.67. The van der Waals surface area contributed by atoms with Gasteiger partial charge in [0.15, 0.2) is 5.96 Å². The predicted molar refractivity (Wildman–Crippen MR) is 94.5 cm³/mol. The van der Waals surface area contributed by atoms with Crippen molar-refractivity contribution in [2.45, 2.75) is 6.42 Å². The van der Waals surface area contributed by atoms with Gasteiger partial charge in [0.1, 0.15) is 0 Å². The average Bonchev–Trinajstić information content (AvgIpc) is 3.08. The number of anilines is 1. The standard InChI is InChI=1S/C16H25N5O3/c1-17-16(20(2)11-13-7-10-24-12-13)19-9-8-18-14-3-5-15(6-4-14)21(22)23/h3-6,13,18H,7-12H2,1-2H3,(H,17,19). The van der Waals surface area contributed by atoms with Crippen LogP contribution in [0, 0.1) is 16.0 Å². The molecule has 1 aliphatic rings. The number of guanidine groups is 1. The van der Waals surface area contributed by atoms with Gasteiger partial charge in [-0.15, -0.1) is 0 Å². The van der Waals surface area contributed by atoms with Crippen molar-refractivity contribution >= 4 is 17.3 Å². The molecule has 1 atom stereocenters. The molecule has 132 valence electrons. The van der Waals surface area contributed by atoms with Crippen LogP contribution in [0.1, 0.15) is 6.42 Å². The number of nitro groups is 1. The Hall–Kier alpha value is -2.35. The fraction of sp³-hybridized carbons (Fsp3) is 0.562. The van der Waals surface area contributed by atoms with Gasteiger partial charge in [-0.2, -0.15) is 0 Å². The van der Waals surface area contributed by atoms with Gasteiger partial charge in [-0.05, 0) is 18.6 Å². The summed E-state index contributed by atoms with van der Waals surface area (Å²) >= 11 is 0. The SMILES string of the molecule is CN=C(NCCNc1ccc([N+](=O)[O-])cc1)N(C)CC1CCOC1. The lowest BCUT2D eigenvalue weighted by atomic mass is 10.1. The van der Waals surface area contributed by atoms with E-state index in [-0.39, 0.29) is 5.69 Å². The number of aliphatic imine (C=N–C) groups is 1. The number of hydrogen-bond donors (Lipinski definition) is 2. The lowest BCUT2D eigenvalue weighted by Gasteiger charge is -2.24. The van der Waals surface area contributed by atoms with E-state index in [0.29, 0.717) is 19.0 Å². The van der Waals surface area contributed by atoms with E-state index < -0.39 is 4.92 Å². The summed E-state index contributed by atoms with van der Waals surface area (Å²) in [6.45, 7) is 3.99. The van der Waals surface area contributed by atoms with Crippen LogP contribution >= 0.6 is 0 Å². The minimum atomic E-state index is -0.402. The summed E-state index contributed by atoms with van der Waals surface area (Å²) < 4.78 is 5.40. The Morgan fingerprint density at radius 3 is 2.75 bits per heavy atom. The zero-order valence-electron chi connectivity index (χ0n) is 14.2. The minimum absolute atomic E-state index is 0.0941. The zero-order valence-corrected chi connectivity index (χ0v) is 14.2. The molecule has 2 N–H and O–H groups in total. The van der Waals surface area contributed by atoms with Crippen LogP contribution in [0.4, 0.5) is 11.4 Å². The maximum atomic E-state index is 10.6. The van der Waals surface area contributed by atoms with Crippen LogP contribution in [0.15, 0.2) is 29.3 Å². The first-order valence-corrected chi connectivity index (χ1v) is 8.08. The van der Waals surface area contributed by atoms with Crippen LogP contribution in [0.5, 0.6) is 0 Å². The number of rotatable bonds is 7. The maximum absolute atomic E-state index is 10.6. The number of hydrogen-bond acceptors (Lipinski definition) is 5. The highest BCUT2D eigenvalue weighted by Crippen LogP contribution is 2.15. The molecule has 0 amide bonds. The second-order valence-corrected chi connectivity index (χ2v) is 5.81. The predicted octanol–water partition coefficient (Wildman–Crippen LogP) is 1.55. The van der Waals surface area contributed by atoms with Crippen molar-refractivity contribution in [3.63, 3.8) is 0 Å². The van der Waals surface area contributed by atoms with E-state index in [1.165, 1.54) is 12.1 Å². The highest BCUT2D eigenvalue weighted by atomic mass is 16.6. The lowest BCUT2D eigenvalue weighted by molar-refractivity contribution is -0.384. The van der Waals surface area contributed by atoms with Crippen LogP contribution in [-0.2, 0) is 4.74 Å². The molecule has 24 heavy (non-hydrogen) atoms. The molecule has 8 heteroatoms. The van der Waals surface area contributed by atoms with Gasteiger partial charge in [0.25, 0.3) is 5.69 Å². The molecule has 1 saturated heterocycles. The summed E-state index contributed by atoms with van der Waals surface area (Å²) in [5, 5.41) is 17.1. The van der Waals surface area contributed by atoms with Gasteiger partial charge in [0.2, 0.25) is 0 Å². The van der Waals surface area contributed by atoms with Crippen molar-refractivity contribution in [1.29, 1.82) is 0 Å². The lowest BCUT2D eigenvalue weighted by Crippen LogP contribution is -2.43. The Balaban J connectivity index is 1.70. The first-order valence-electron chi connectivity index (χ1n) is 8.08. The average molecular weight is 335 g/mol. The summed E-state index contributed by atoms with van der Waals surface area (Å²) in [7, 11) is 3.80. The Morgan fingerprint density at radius 2 is 2.17 bits per heavy atom. The van der Waals surface area contributed by atoms with Crippen LogP contribution in [0.2, 0.25) is 0 Å². The minimum Gasteiger partial charge on any atom is -0.383 e. The molecule has 1 heterocycles. The number of ether oxygens (including phenoxy) is 1. The highest BCUT2D eigenvalue weighted by Gasteiger charge is 2.18. The fourth-order valence-electron chi connectivity index (χ4n) is 2.67. The van der Waals surface area contributed by atoms with Crippen molar-refractivity contribution in [3.8, 4) is 0 Å². The number of benzene rings is 1. The normalized spacial score (nSPS) is 17.6. The van der Waals surface area contributed by atoms with Crippen LogP contribution in [0.25, 0.3) is 0 Å². The summed E-state index contributed by atoms with van der Waals surface area (Å²) in [5.41, 5.74) is 0.949. The van der Waals surface area contributed by atoms with Crippen LogP contribution in [0.3, 0.4) is 0 Å². The number of nitrogens with zero attached hydrogens (tertiary/aromatic N) is 3. The van der Waals surface area contributed by atoms with Crippen molar-refractivity contribution in [2.24, 2.45) is 10.9 Å². The molecule has 1 aliphatic heterocycles. The molecule has 1 fully saturated rings. The van der Waals surface area contributed by atoms with Crippen molar-refractivity contribution in [2.75, 3.05) is 52.3 Å². The molecular formula is C16H25N5O3. The third kappa shape index (κ3) is 5.38. The summed E-state index contributed by atoms with van der Waals surface area (Å²) in [6.07, 6.45) is 1.10. The Morgan fingerprint density at radius 1 is 1.42 bits per heavy atom. The second kappa shape index (κ2) is 9.07. The van der Waals surface area contributed by atoms with Crippen LogP contribution in [-0.4, -0.2) is 62.7 Å². The second-order valence-electron chi connectivity index (χ2n) is 5.81. The first-order chi connectivity index (χ1) is 11.6. The van der Waals surface area contributed by atoms with Gasteiger partial charge >= 0.3 is 0 Å². The smallest absolute Gasteiger partial charge is 0.269 e. The van der Waals surface area contributed by atoms with Crippen molar-refractivity contribution in [3.05, 3.63) is 34.4 Å². The van der Waals surface area contributed by atoms with Gasteiger partial charge in [-0.1, -0.05) is 0 Å². The summed E-state index contributed by atoms with van der Waals surface area (Å²) in [6, 6.07) is 6.40. The largest absolute Gasteiger partial charge is 0.383 e. The molecule has 2 rings (SSSR count). The van der Waals surface area contributed by atoms with Crippen LogP contribution < -0.4 is 10.6 Å². The Labute approximate surface area is 142 Å². The highest BCUT2D eigenvalue weighted by molar-refractivity contribution is 5.79. The molecule has 0 bridgehead atoms. The van der Waals surface area contributed by atoms with E-state index >= 15 is 0 Å². The molecule has 0 radical (unpaired) electrons. The van der Waals surface area contributed by atoms with Gasteiger partial charge in [0.05, 0.1) is 11.5 Å².